The zero-order chi connectivity index (χ0) is 18.2. The van der Waals surface area contributed by atoms with Gasteiger partial charge in [-0.3, -0.25) is 4.90 Å². The van der Waals surface area contributed by atoms with Gasteiger partial charge in [0.15, 0.2) is 0 Å². The van der Waals surface area contributed by atoms with Gasteiger partial charge in [0.25, 0.3) is 0 Å². The number of hydrogen-bond acceptors (Lipinski definition) is 1. The molecule has 1 heterocycles. The average molecular weight is 349 g/mol. The number of fused-ring (bicyclic) bond motifs is 4. The van der Waals surface area contributed by atoms with Gasteiger partial charge in [-0.1, -0.05) is 91.0 Å². The molecule has 0 amide bonds. The van der Waals surface area contributed by atoms with E-state index in [-0.39, 0.29) is 0 Å². The second kappa shape index (κ2) is 6.68. The maximum Gasteiger partial charge on any atom is 0.0333 e. The number of rotatable bonds is 2. The first-order chi connectivity index (χ1) is 13.3. The van der Waals surface area contributed by atoms with Crippen LogP contribution in [-0.4, -0.2) is 4.90 Å². The molecule has 0 saturated carbocycles. The Balaban J connectivity index is 1.62. The number of benzene rings is 4. The first-order valence-electron chi connectivity index (χ1n) is 9.69. The SMILES string of the molecule is CC(c1cccc2ccccc12)N1Cc2ccccc2-c2ccccc2C1. The smallest absolute Gasteiger partial charge is 0.0333 e. The molecule has 1 aliphatic heterocycles. The van der Waals surface area contributed by atoms with E-state index >= 15 is 0 Å². The second-order valence-electron chi connectivity index (χ2n) is 7.46. The summed E-state index contributed by atoms with van der Waals surface area (Å²) in [5.41, 5.74) is 6.98. The number of nitrogens with zero attached hydrogens (tertiary/aromatic N) is 1. The fourth-order valence-electron chi connectivity index (χ4n) is 4.42. The van der Waals surface area contributed by atoms with Gasteiger partial charge in [0, 0.05) is 19.1 Å². The molecule has 4 aromatic rings. The molecule has 4 aromatic carbocycles. The summed E-state index contributed by atoms with van der Waals surface area (Å²) < 4.78 is 0. The molecule has 1 nitrogen and oxygen atoms in total. The molecule has 0 bridgehead atoms. The van der Waals surface area contributed by atoms with Crippen molar-refractivity contribution in [1.82, 2.24) is 4.90 Å². The van der Waals surface area contributed by atoms with Gasteiger partial charge in [-0.05, 0) is 45.5 Å². The molecule has 1 atom stereocenters. The lowest BCUT2D eigenvalue weighted by Crippen LogP contribution is -2.25. The van der Waals surface area contributed by atoms with Crippen molar-refractivity contribution in [2.24, 2.45) is 0 Å². The van der Waals surface area contributed by atoms with Crippen molar-refractivity contribution in [3.05, 3.63) is 108 Å². The van der Waals surface area contributed by atoms with Crippen molar-refractivity contribution in [2.45, 2.75) is 26.1 Å². The molecule has 0 fully saturated rings. The van der Waals surface area contributed by atoms with E-state index in [2.05, 4.69) is 103 Å². The van der Waals surface area contributed by atoms with E-state index in [1.54, 1.807) is 0 Å². The van der Waals surface area contributed by atoms with Crippen LogP contribution in [0.25, 0.3) is 21.9 Å². The van der Waals surface area contributed by atoms with Crippen molar-refractivity contribution in [2.75, 3.05) is 0 Å². The molecule has 0 N–H and O–H groups in total. The molecule has 0 aromatic heterocycles. The largest absolute Gasteiger partial charge is 0.288 e. The molecule has 1 aliphatic rings. The Morgan fingerprint density at radius 2 is 1.19 bits per heavy atom. The van der Waals surface area contributed by atoms with Crippen LogP contribution in [0.5, 0.6) is 0 Å². The van der Waals surface area contributed by atoms with Crippen LogP contribution in [0.3, 0.4) is 0 Å². The van der Waals surface area contributed by atoms with E-state index in [1.807, 2.05) is 0 Å². The average Bonchev–Trinajstić information content (AvgIpc) is 2.90. The quantitative estimate of drug-likeness (QED) is 0.395. The molecule has 1 heteroatoms. The molecule has 0 saturated heterocycles. The van der Waals surface area contributed by atoms with Crippen LogP contribution in [0, 0.1) is 0 Å². The Morgan fingerprint density at radius 3 is 1.89 bits per heavy atom. The molecular formula is C26H23N. The minimum absolute atomic E-state index is 0.343. The third-order valence-electron chi connectivity index (χ3n) is 5.89. The van der Waals surface area contributed by atoms with Crippen molar-refractivity contribution >= 4 is 10.8 Å². The summed E-state index contributed by atoms with van der Waals surface area (Å²) in [6.45, 7) is 4.28. The van der Waals surface area contributed by atoms with Crippen molar-refractivity contribution < 1.29 is 0 Å². The van der Waals surface area contributed by atoms with Crippen LogP contribution in [0.1, 0.15) is 29.7 Å². The summed E-state index contributed by atoms with van der Waals surface area (Å²) in [6.07, 6.45) is 0. The summed E-state index contributed by atoms with van der Waals surface area (Å²) in [5.74, 6) is 0. The molecule has 1 unspecified atom stereocenters. The molecular weight excluding hydrogens is 326 g/mol. The predicted octanol–water partition coefficient (Wildman–Crippen LogP) is 6.58. The van der Waals surface area contributed by atoms with Crippen LogP contribution in [0.4, 0.5) is 0 Å². The Hall–Kier alpha value is -2.90. The van der Waals surface area contributed by atoms with Gasteiger partial charge in [0.05, 0.1) is 0 Å². The van der Waals surface area contributed by atoms with Crippen LogP contribution in [0.2, 0.25) is 0 Å². The third-order valence-corrected chi connectivity index (χ3v) is 5.89. The highest BCUT2D eigenvalue weighted by atomic mass is 15.1. The second-order valence-corrected chi connectivity index (χ2v) is 7.46. The van der Waals surface area contributed by atoms with E-state index in [4.69, 9.17) is 0 Å². The van der Waals surface area contributed by atoms with E-state index in [0.717, 1.165) is 13.1 Å². The van der Waals surface area contributed by atoms with Crippen LogP contribution >= 0.6 is 0 Å². The lowest BCUT2D eigenvalue weighted by atomic mass is 9.97. The monoisotopic (exact) mass is 349 g/mol. The van der Waals surface area contributed by atoms with Gasteiger partial charge in [-0.15, -0.1) is 0 Å². The minimum atomic E-state index is 0.343. The Labute approximate surface area is 160 Å². The zero-order valence-electron chi connectivity index (χ0n) is 15.6. The summed E-state index contributed by atoms with van der Waals surface area (Å²) in [5, 5.41) is 2.68. The normalized spacial score (nSPS) is 15.0. The van der Waals surface area contributed by atoms with E-state index < -0.39 is 0 Å². The fraction of sp³-hybridized carbons (Fsp3) is 0.154. The molecule has 0 aliphatic carbocycles. The summed E-state index contributed by atoms with van der Waals surface area (Å²) >= 11 is 0. The fourth-order valence-corrected chi connectivity index (χ4v) is 4.42. The first kappa shape index (κ1) is 16.3. The summed E-state index contributed by atoms with van der Waals surface area (Å²) in [4.78, 5) is 2.60. The van der Waals surface area contributed by atoms with Crippen LogP contribution < -0.4 is 0 Å². The highest BCUT2D eigenvalue weighted by Crippen LogP contribution is 2.37. The van der Waals surface area contributed by atoms with Gasteiger partial charge in [0.2, 0.25) is 0 Å². The number of hydrogen-bond donors (Lipinski definition) is 0. The molecule has 0 radical (unpaired) electrons. The molecule has 27 heavy (non-hydrogen) atoms. The highest BCUT2D eigenvalue weighted by molar-refractivity contribution is 5.86. The van der Waals surface area contributed by atoms with Gasteiger partial charge < -0.3 is 0 Å². The minimum Gasteiger partial charge on any atom is -0.288 e. The topological polar surface area (TPSA) is 3.24 Å². The Kier molecular flexibility index (Phi) is 4.03. The van der Waals surface area contributed by atoms with Crippen molar-refractivity contribution in [1.29, 1.82) is 0 Å². The Bertz CT molecular complexity index is 1060. The zero-order valence-corrected chi connectivity index (χ0v) is 15.6. The van der Waals surface area contributed by atoms with Crippen molar-refractivity contribution in [3.8, 4) is 11.1 Å². The van der Waals surface area contributed by atoms with Crippen LogP contribution in [0.15, 0.2) is 91.0 Å². The highest BCUT2D eigenvalue weighted by Gasteiger charge is 2.24. The predicted molar refractivity (Wildman–Crippen MR) is 113 cm³/mol. The van der Waals surface area contributed by atoms with Gasteiger partial charge >= 0.3 is 0 Å². The standard InChI is InChI=1S/C26H23N/c1-19(23-16-8-12-20-9-2-5-13-24(20)23)27-17-21-10-3-6-14-25(21)26-15-7-4-11-22(26)18-27/h2-16,19H,17-18H2,1H3. The first-order valence-corrected chi connectivity index (χ1v) is 9.69. The van der Waals surface area contributed by atoms with Crippen molar-refractivity contribution in [3.63, 3.8) is 0 Å². The lowest BCUT2D eigenvalue weighted by molar-refractivity contribution is 0.195. The maximum atomic E-state index is 2.60. The molecule has 5 rings (SSSR count). The van der Waals surface area contributed by atoms with Gasteiger partial charge in [0.1, 0.15) is 0 Å². The van der Waals surface area contributed by atoms with E-state index in [9.17, 15) is 0 Å². The van der Waals surface area contributed by atoms with Gasteiger partial charge in [-0.2, -0.15) is 0 Å². The summed E-state index contributed by atoms with van der Waals surface area (Å²) in [7, 11) is 0. The molecule has 0 spiro atoms. The third kappa shape index (κ3) is 2.85. The van der Waals surface area contributed by atoms with Gasteiger partial charge in [-0.25, -0.2) is 0 Å². The lowest BCUT2D eigenvalue weighted by Gasteiger charge is -2.29. The molecule has 132 valence electrons. The van der Waals surface area contributed by atoms with Crippen LogP contribution in [-0.2, 0) is 13.1 Å². The Morgan fingerprint density at radius 1 is 0.630 bits per heavy atom. The van der Waals surface area contributed by atoms with E-state index in [1.165, 1.54) is 38.6 Å². The maximum absolute atomic E-state index is 2.60. The summed E-state index contributed by atoms with van der Waals surface area (Å²) in [6, 6.07) is 33.5. The van der Waals surface area contributed by atoms with E-state index in [0.29, 0.717) is 6.04 Å².